The first-order valence-corrected chi connectivity index (χ1v) is 8.91. The maximum Gasteiger partial charge on any atom is 0.248 e. The van der Waals surface area contributed by atoms with Gasteiger partial charge >= 0.3 is 0 Å². The van der Waals surface area contributed by atoms with Crippen LogP contribution in [-0.2, 0) is 16.0 Å². The first kappa shape index (κ1) is 18.9. The number of anilines is 2. The molecule has 2 amide bonds. The number of amides is 2. The molecule has 0 aliphatic heterocycles. The molecule has 0 saturated heterocycles. The van der Waals surface area contributed by atoms with Crippen molar-refractivity contribution in [2.45, 2.75) is 6.42 Å². The van der Waals surface area contributed by atoms with Crippen molar-refractivity contribution in [1.82, 2.24) is 15.2 Å². The third-order valence-electron chi connectivity index (χ3n) is 3.55. The minimum absolute atomic E-state index is 0.149. The SMILES string of the molecule is C=CC(=O)Nc1ccc(-c2cccc(CC(=O)Nc3ncc(C#N)s3)c2)nn1. The van der Waals surface area contributed by atoms with Gasteiger partial charge in [-0.15, -0.1) is 10.2 Å². The molecule has 2 heterocycles. The Labute approximate surface area is 164 Å². The van der Waals surface area contributed by atoms with E-state index in [0.29, 0.717) is 21.5 Å². The topological polar surface area (TPSA) is 121 Å². The van der Waals surface area contributed by atoms with Gasteiger partial charge in [0.05, 0.1) is 18.3 Å². The van der Waals surface area contributed by atoms with Crippen LogP contribution in [0, 0.1) is 11.3 Å². The summed E-state index contributed by atoms with van der Waals surface area (Å²) < 4.78 is 0. The van der Waals surface area contributed by atoms with Gasteiger partial charge in [-0.2, -0.15) is 5.26 Å². The van der Waals surface area contributed by atoms with Crippen LogP contribution in [0.4, 0.5) is 10.9 Å². The predicted molar refractivity (Wildman–Crippen MR) is 105 cm³/mol. The number of benzene rings is 1. The number of hydrogen-bond acceptors (Lipinski definition) is 7. The molecule has 0 aliphatic carbocycles. The minimum Gasteiger partial charge on any atom is -0.306 e. The van der Waals surface area contributed by atoms with Crippen molar-refractivity contribution < 1.29 is 9.59 Å². The fourth-order valence-corrected chi connectivity index (χ4v) is 2.93. The molecule has 0 atom stereocenters. The fraction of sp³-hybridized carbons (Fsp3) is 0.0526. The van der Waals surface area contributed by atoms with Gasteiger partial charge in [0.2, 0.25) is 11.8 Å². The van der Waals surface area contributed by atoms with Gasteiger partial charge in [0, 0.05) is 5.56 Å². The Morgan fingerprint density at radius 2 is 2.07 bits per heavy atom. The summed E-state index contributed by atoms with van der Waals surface area (Å²) in [5.41, 5.74) is 2.19. The van der Waals surface area contributed by atoms with Crippen LogP contribution >= 0.6 is 11.3 Å². The molecule has 8 nitrogen and oxygen atoms in total. The Morgan fingerprint density at radius 3 is 2.75 bits per heavy atom. The van der Waals surface area contributed by atoms with E-state index in [1.54, 1.807) is 12.1 Å². The van der Waals surface area contributed by atoms with Crippen LogP contribution in [0.1, 0.15) is 10.4 Å². The third-order valence-corrected chi connectivity index (χ3v) is 4.37. The van der Waals surface area contributed by atoms with Gasteiger partial charge in [0.25, 0.3) is 0 Å². The van der Waals surface area contributed by atoms with Gasteiger partial charge in [-0.25, -0.2) is 4.98 Å². The lowest BCUT2D eigenvalue weighted by molar-refractivity contribution is -0.115. The maximum absolute atomic E-state index is 12.2. The van der Waals surface area contributed by atoms with Crippen LogP contribution < -0.4 is 10.6 Å². The second-order valence-corrected chi connectivity index (χ2v) is 6.59. The Kier molecular flexibility index (Phi) is 5.84. The number of carbonyl (C=O) groups excluding carboxylic acids is 2. The smallest absolute Gasteiger partial charge is 0.248 e. The van der Waals surface area contributed by atoms with Crippen molar-refractivity contribution in [3.8, 4) is 17.3 Å². The predicted octanol–water partition coefficient (Wildman–Crippen LogP) is 2.78. The van der Waals surface area contributed by atoms with E-state index < -0.39 is 0 Å². The van der Waals surface area contributed by atoms with E-state index in [4.69, 9.17) is 5.26 Å². The Hall–Kier alpha value is -3.90. The largest absolute Gasteiger partial charge is 0.306 e. The van der Waals surface area contributed by atoms with Crippen LogP contribution in [0.15, 0.2) is 55.3 Å². The Bertz CT molecular complexity index is 1070. The summed E-state index contributed by atoms with van der Waals surface area (Å²) in [6.45, 7) is 3.38. The zero-order valence-electron chi connectivity index (χ0n) is 14.5. The van der Waals surface area contributed by atoms with Gasteiger partial charge in [-0.05, 0) is 29.8 Å². The first-order chi connectivity index (χ1) is 13.6. The van der Waals surface area contributed by atoms with Crippen LogP contribution in [0.5, 0.6) is 0 Å². The van der Waals surface area contributed by atoms with Gasteiger partial charge in [0.15, 0.2) is 10.9 Å². The van der Waals surface area contributed by atoms with Gasteiger partial charge < -0.3 is 10.6 Å². The van der Waals surface area contributed by atoms with Crippen molar-refractivity contribution in [1.29, 1.82) is 5.26 Å². The van der Waals surface area contributed by atoms with Crippen LogP contribution in [0.3, 0.4) is 0 Å². The van der Waals surface area contributed by atoms with E-state index >= 15 is 0 Å². The average molecular weight is 390 g/mol. The molecule has 138 valence electrons. The second-order valence-electron chi connectivity index (χ2n) is 5.56. The molecule has 0 unspecified atom stereocenters. The summed E-state index contributed by atoms with van der Waals surface area (Å²) in [5.74, 6) is -0.272. The normalized spacial score (nSPS) is 9.96. The lowest BCUT2D eigenvalue weighted by Gasteiger charge is -2.06. The molecule has 0 aliphatic rings. The highest BCUT2D eigenvalue weighted by molar-refractivity contribution is 7.16. The summed E-state index contributed by atoms with van der Waals surface area (Å²) in [6.07, 6.45) is 2.72. The lowest BCUT2D eigenvalue weighted by Crippen LogP contribution is -2.14. The molecule has 1 aromatic carbocycles. The Balaban J connectivity index is 1.68. The number of nitriles is 1. The van der Waals surface area contributed by atoms with E-state index in [2.05, 4.69) is 32.4 Å². The molecule has 0 bridgehead atoms. The van der Waals surface area contributed by atoms with Gasteiger partial charge in [0.1, 0.15) is 10.9 Å². The van der Waals surface area contributed by atoms with Gasteiger partial charge in [-0.3, -0.25) is 9.59 Å². The zero-order valence-corrected chi connectivity index (χ0v) is 15.4. The number of aromatic nitrogens is 3. The number of nitrogens with zero attached hydrogens (tertiary/aromatic N) is 4. The molecule has 3 rings (SSSR count). The highest BCUT2D eigenvalue weighted by Gasteiger charge is 2.09. The van der Waals surface area contributed by atoms with Crippen molar-refractivity contribution in [3.63, 3.8) is 0 Å². The minimum atomic E-state index is -0.364. The van der Waals surface area contributed by atoms with Gasteiger partial charge in [-0.1, -0.05) is 36.1 Å². The molecule has 2 aromatic heterocycles. The summed E-state index contributed by atoms with van der Waals surface area (Å²) in [5, 5.41) is 22.5. The van der Waals surface area contributed by atoms with Crippen LogP contribution in [0.2, 0.25) is 0 Å². The molecule has 0 spiro atoms. The number of rotatable bonds is 6. The van der Waals surface area contributed by atoms with E-state index in [9.17, 15) is 9.59 Å². The molecule has 9 heteroatoms. The Morgan fingerprint density at radius 1 is 1.21 bits per heavy atom. The fourth-order valence-electron chi connectivity index (χ4n) is 2.30. The van der Waals surface area contributed by atoms with Crippen molar-refractivity contribution in [2.24, 2.45) is 0 Å². The van der Waals surface area contributed by atoms with E-state index in [1.807, 2.05) is 30.3 Å². The molecular formula is C19H14N6O2S. The molecular weight excluding hydrogens is 376 g/mol. The zero-order chi connectivity index (χ0) is 19.9. The molecule has 3 aromatic rings. The van der Waals surface area contributed by atoms with Crippen molar-refractivity contribution in [3.05, 3.63) is 65.7 Å². The van der Waals surface area contributed by atoms with Crippen molar-refractivity contribution in [2.75, 3.05) is 10.6 Å². The van der Waals surface area contributed by atoms with E-state index in [1.165, 1.54) is 6.20 Å². The monoisotopic (exact) mass is 390 g/mol. The number of carbonyl (C=O) groups is 2. The second kappa shape index (κ2) is 8.66. The summed E-state index contributed by atoms with van der Waals surface area (Å²) in [6, 6.07) is 12.7. The van der Waals surface area contributed by atoms with E-state index in [-0.39, 0.29) is 18.2 Å². The quantitative estimate of drug-likeness (QED) is 0.624. The van der Waals surface area contributed by atoms with Crippen molar-refractivity contribution >= 4 is 34.1 Å². The lowest BCUT2D eigenvalue weighted by atomic mass is 10.1. The summed E-state index contributed by atoms with van der Waals surface area (Å²) in [4.78, 5) is 27.9. The highest BCUT2D eigenvalue weighted by Crippen LogP contribution is 2.20. The van der Waals surface area contributed by atoms with Crippen LogP contribution in [0.25, 0.3) is 11.3 Å². The number of nitrogens with one attached hydrogen (secondary N) is 2. The van der Waals surface area contributed by atoms with E-state index in [0.717, 1.165) is 28.5 Å². The highest BCUT2D eigenvalue weighted by atomic mass is 32.1. The number of thiazole rings is 1. The maximum atomic E-state index is 12.2. The first-order valence-electron chi connectivity index (χ1n) is 8.09. The molecule has 0 radical (unpaired) electrons. The molecule has 0 saturated carbocycles. The molecule has 2 N–H and O–H groups in total. The molecule has 0 fully saturated rings. The third kappa shape index (κ3) is 4.84. The number of hydrogen-bond donors (Lipinski definition) is 2. The molecule has 28 heavy (non-hydrogen) atoms. The average Bonchev–Trinajstić information content (AvgIpc) is 3.16. The standard InChI is InChI=1S/C19H14N6O2S/c1-2-17(26)22-16-7-6-15(24-25-16)13-5-3-4-12(8-13)9-18(27)23-19-21-11-14(10-20)28-19/h2-8,11H,1,9H2,(H,21,23,27)(H,22,25,26). The van der Waals surface area contributed by atoms with Crippen LogP contribution in [-0.4, -0.2) is 27.0 Å². The summed E-state index contributed by atoms with van der Waals surface area (Å²) >= 11 is 1.12. The summed E-state index contributed by atoms with van der Waals surface area (Å²) in [7, 11) is 0.